The summed E-state index contributed by atoms with van der Waals surface area (Å²) in [5, 5.41) is 12.3. The number of nitrogens with one attached hydrogen (secondary N) is 1. The van der Waals surface area contributed by atoms with Crippen molar-refractivity contribution >= 4 is 28.3 Å². The molecule has 0 unspecified atom stereocenters. The maximum atomic E-state index is 11.6. The second-order valence-corrected chi connectivity index (χ2v) is 5.10. The summed E-state index contributed by atoms with van der Waals surface area (Å²) in [4.78, 5) is 15.9. The van der Waals surface area contributed by atoms with Crippen LogP contribution in [0.3, 0.4) is 0 Å². The van der Waals surface area contributed by atoms with Crippen molar-refractivity contribution < 1.29 is 13.9 Å². The summed E-state index contributed by atoms with van der Waals surface area (Å²) in [6.45, 7) is 2.09. The summed E-state index contributed by atoms with van der Waals surface area (Å²) in [6.07, 6.45) is 1.52. The Morgan fingerprint density at radius 1 is 1.28 bits per heavy atom. The van der Waals surface area contributed by atoms with E-state index in [-0.39, 0.29) is 17.4 Å². The van der Waals surface area contributed by atoms with Crippen molar-refractivity contribution in [3.63, 3.8) is 0 Å². The van der Waals surface area contributed by atoms with E-state index in [0.717, 1.165) is 5.69 Å². The molecule has 3 aromatic rings. The Bertz CT molecular complexity index is 932. The molecule has 0 aliphatic heterocycles. The lowest BCUT2D eigenvalue weighted by Gasteiger charge is -2.04. The number of carbonyl (C=O) groups excluding carboxylic acids is 1. The van der Waals surface area contributed by atoms with E-state index in [2.05, 4.69) is 16.4 Å². The van der Waals surface area contributed by atoms with E-state index >= 15 is 0 Å². The number of esters is 1. The average Bonchev–Trinajstić information content (AvgIpc) is 3.07. The number of carbonyl (C=O) groups is 1. The minimum absolute atomic E-state index is 0.249. The first-order valence-electron chi connectivity index (χ1n) is 7.71. The van der Waals surface area contributed by atoms with Crippen molar-refractivity contribution in [2.24, 2.45) is 0 Å². The second kappa shape index (κ2) is 7.32. The SMILES string of the molecule is CCOC(=O)c1ccc(N/C=C(\C#N)c2nc3ccccc3o2)cc1. The zero-order valence-electron chi connectivity index (χ0n) is 13.5. The zero-order chi connectivity index (χ0) is 17.6. The van der Waals surface area contributed by atoms with Crippen molar-refractivity contribution in [2.45, 2.75) is 6.92 Å². The van der Waals surface area contributed by atoms with E-state index in [1.54, 1.807) is 37.3 Å². The minimum atomic E-state index is -0.367. The lowest BCUT2D eigenvalue weighted by atomic mass is 10.2. The summed E-state index contributed by atoms with van der Waals surface area (Å²) >= 11 is 0. The molecule has 0 saturated carbocycles. The molecule has 3 rings (SSSR count). The van der Waals surface area contributed by atoms with Crippen molar-refractivity contribution in [3.8, 4) is 6.07 Å². The van der Waals surface area contributed by atoms with Gasteiger partial charge in [0, 0.05) is 11.9 Å². The first-order chi connectivity index (χ1) is 12.2. The molecule has 0 radical (unpaired) electrons. The van der Waals surface area contributed by atoms with Gasteiger partial charge >= 0.3 is 5.97 Å². The van der Waals surface area contributed by atoms with Crippen LogP contribution in [-0.4, -0.2) is 17.6 Å². The van der Waals surface area contributed by atoms with Gasteiger partial charge < -0.3 is 14.5 Å². The Balaban J connectivity index is 1.77. The Morgan fingerprint density at radius 2 is 2.04 bits per heavy atom. The van der Waals surface area contributed by atoms with E-state index < -0.39 is 0 Å². The van der Waals surface area contributed by atoms with Crippen LogP contribution in [0, 0.1) is 11.3 Å². The van der Waals surface area contributed by atoms with Crippen molar-refractivity contribution in [3.05, 3.63) is 66.2 Å². The first kappa shape index (κ1) is 16.3. The number of para-hydroxylation sites is 2. The second-order valence-electron chi connectivity index (χ2n) is 5.10. The van der Waals surface area contributed by atoms with Gasteiger partial charge in [-0.05, 0) is 43.3 Å². The fraction of sp³-hybridized carbons (Fsp3) is 0.105. The monoisotopic (exact) mass is 333 g/mol. The molecule has 1 aromatic heterocycles. The number of fused-ring (bicyclic) bond motifs is 1. The quantitative estimate of drug-likeness (QED) is 0.561. The third kappa shape index (κ3) is 3.67. The Labute approximate surface area is 144 Å². The highest BCUT2D eigenvalue weighted by Crippen LogP contribution is 2.21. The number of benzene rings is 2. The van der Waals surface area contributed by atoms with Crippen molar-refractivity contribution in [1.82, 2.24) is 4.98 Å². The smallest absolute Gasteiger partial charge is 0.338 e. The van der Waals surface area contributed by atoms with Gasteiger partial charge in [0.2, 0.25) is 5.89 Å². The number of oxazole rings is 1. The highest BCUT2D eigenvalue weighted by Gasteiger charge is 2.10. The lowest BCUT2D eigenvalue weighted by molar-refractivity contribution is 0.0526. The molecule has 0 aliphatic rings. The first-order valence-corrected chi connectivity index (χ1v) is 7.71. The number of aromatic nitrogens is 1. The Kier molecular flexibility index (Phi) is 4.77. The van der Waals surface area contributed by atoms with Gasteiger partial charge in [0.15, 0.2) is 5.58 Å². The molecule has 124 valence electrons. The highest BCUT2D eigenvalue weighted by atomic mass is 16.5. The van der Waals surface area contributed by atoms with Crippen LogP contribution >= 0.6 is 0 Å². The molecule has 0 saturated heterocycles. The minimum Gasteiger partial charge on any atom is -0.462 e. The van der Waals surface area contributed by atoms with Gasteiger partial charge in [-0.15, -0.1) is 0 Å². The normalized spacial score (nSPS) is 11.1. The third-order valence-electron chi connectivity index (χ3n) is 3.42. The van der Waals surface area contributed by atoms with E-state index in [0.29, 0.717) is 23.3 Å². The summed E-state index contributed by atoms with van der Waals surface area (Å²) in [5.41, 5.74) is 2.77. The van der Waals surface area contributed by atoms with Gasteiger partial charge in [-0.2, -0.15) is 5.26 Å². The largest absolute Gasteiger partial charge is 0.462 e. The van der Waals surface area contributed by atoms with E-state index in [9.17, 15) is 10.1 Å². The predicted molar refractivity (Wildman–Crippen MR) is 93.6 cm³/mol. The van der Waals surface area contributed by atoms with Crippen LogP contribution in [0.4, 0.5) is 5.69 Å². The number of hydrogen-bond donors (Lipinski definition) is 1. The number of nitriles is 1. The maximum absolute atomic E-state index is 11.6. The molecule has 0 spiro atoms. The van der Waals surface area contributed by atoms with E-state index in [1.807, 2.05) is 18.2 Å². The van der Waals surface area contributed by atoms with Crippen LogP contribution in [0.15, 0.2) is 59.1 Å². The van der Waals surface area contributed by atoms with Gasteiger partial charge in [-0.1, -0.05) is 12.1 Å². The molecule has 1 heterocycles. The van der Waals surface area contributed by atoms with Gasteiger partial charge in [0.05, 0.1) is 12.2 Å². The fourth-order valence-electron chi connectivity index (χ4n) is 2.20. The molecular formula is C19H15N3O3. The molecule has 25 heavy (non-hydrogen) atoms. The number of nitrogens with zero attached hydrogens (tertiary/aromatic N) is 2. The molecule has 6 heteroatoms. The molecule has 0 aliphatic carbocycles. The molecule has 2 aromatic carbocycles. The van der Waals surface area contributed by atoms with Gasteiger partial charge in [-0.3, -0.25) is 0 Å². The van der Waals surface area contributed by atoms with Crippen LogP contribution in [0.5, 0.6) is 0 Å². The summed E-state index contributed by atoms with van der Waals surface area (Å²) in [6, 6.07) is 16.1. The van der Waals surface area contributed by atoms with E-state index in [1.165, 1.54) is 6.20 Å². The van der Waals surface area contributed by atoms with Crippen LogP contribution in [0.2, 0.25) is 0 Å². The van der Waals surface area contributed by atoms with Crippen molar-refractivity contribution in [1.29, 1.82) is 5.26 Å². The van der Waals surface area contributed by atoms with Gasteiger partial charge in [0.25, 0.3) is 0 Å². The van der Waals surface area contributed by atoms with Crippen molar-refractivity contribution in [2.75, 3.05) is 11.9 Å². The molecule has 1 N–H and O–H groups in total. The summed E-state index contributed by atoms with van der Waals surface area (Å²) in [7, 11) is 0. The molecule has 0 fully saturated rings. The van der Waals surface area contributed by atoms with Crippen LogP contribution < -0.4 is 5.32 Å². The standard InChI is InChI=1S/C19H15N3O3/c1-2-24-19(23)13-7-9-15(10-8-13)21-12-14(11-20)18-22-16-5-3-4-6-17(16)25-18/h3-10,12,21H,2H2,1H3/b14-12+. The van der Waals surface area contributed by atoms with Crippen LogP contribution in [-0.2, 0) is 4.74 Å². The number of allylic oxidation sites excluding steroid dienone is 1. The predicted octanol–water partition coefficient (Wildman–Crippen LogP) is 3.98. The molecule has 6 nitrogen and oxygen atoms in total. The summed E-state index contributed by atoms with van der Waals surface area (Å²) < 4.78 is 10.5. The topological polar surface area (TPSA) is 88.1 Å². The van der Waals surface area contributed by atoms with Crippen LogP contribution in [0.25, 0.3) is 16.7 Å². The molecule has 0 amide bonds. The fourth-order valence-corrected chi connectivity index (χ4v) is 2.20. The van der Waals surface area contributed by atoms with Gasteiger partial charge in [-0.25, -0.2) is 9.78 Å². The highest BCUT2D eigenvalue weighted by molar-refractivity contribution is 5.90. The lowest BCUT2D eigenvalue weighted by Crippen LogP contribution is -2.04. The molecule has 0 atom stereocenters. The molecule has 0 bridgehead atoms. The average molecular weight is 333 g/mol. The molecular weight excluding hydrogens is 318 g/mol. The number of hydrogen-bond acceptors (Lipinski definition) is 6. The number of ether oxygens (including phenoxy) is 1. The van der Waals surface area contributed by atoms with E-state index in [4.69, 9.17) is 9.15 Å². The third-order valence-corrected chi connectivity index (χ3v) is 3.42. The van der Waals surface area contributed by atoms with Crippen LogP contribution in [0.1, 0.15) is 23.2 Å². The number of rotatable bonds is 5. The maximum Gasteiger partial charge on any atom is 0.338 e. The zero-order valence-corrected chi connectivity index (χ0v) is 13.5. The van der Waals surface area contributed by atoms with Gasteiger partial charge in [0.1, 0.15) is 17.2 Å². The Hall–Kier alpha value is -3.59. The number of anilines is 1. The Morgan fingerprint density at radius 3 is 2.72 bits per heavy atom. The summed E-state index contributed by atoms with van der Waals surface area (Å²) in [5.74, 6) is -0.117.